The van der Waals surface area contributed by atoms with Crippen LogP contribution in [0.4, 0.5) is 20.2 Å². The van der Waals surface area contributed by atoms with E-state index in [1.165, 1.54) is 6.07 Å². The molecule has 0 saturated carbocycles. The van der Waals surface area contributed by atoms with Crippen molar-refractivity contribution in [2.75, 3.05) is 24.7 Å². The fraction of sp³-hybridized carbons (Fsp3) is 0.200. The van der Waals surface area contributed by atoms with Crippen LogP contribution in [-0.2, 0) is 6.42 Å². The molecule has 20 heavy (non-hydrogen) atoms. The average Bonchev–Trinajstić information content (AvgIpc) is 2.47. The number of anilines is 2. The number of rotatable bonds is 5. The molecule has 0 unspecified atom stereocenters. The summed E-state index contributed by atoms with van der Waals surface area (Å²) >= 11 is 0. The predicted octanol–water partition coefficient (Wildman–Crippen LogP) is 3.21. The van der Waals surface area contributed by atoms with E-state index < -0.39 is 11.6 Å². The predicted molar refractivity (Wildman–Crippen MR) is 76.0 cm³/mol. The van der Waals surface area contributed by atoms with Crippen molar-refractivity contribution in [1.82, 2.24) is 0 Å². The van der Waals surface area contributed by atoms with Gasteiger partial charge in [-0.05, 0) is 36.2 Å². The van der Waals surface area contributed by atoms with Crippen LogP contribution >= 0.6 is 0 Å². The van der Waals surface area contributed by atoms with Crippen LogP contribution < -0.4 is 15.8 Å². The van der Waals surface area contributed by atoms with Crippen LogP contribution in [0.5, 0.6) is 5.75 Å². The Kier molecular flexibility index (Phi) is 4.40. The van der Waals surface area contributed by atoms with Crippen molar-refractivity contribution in [3.05, 3.63) is 53.6 Å². The second-order valence-electron chi connectivity index (χ2n) is 4.35. The molecule has 0 aromatic heterocycles. The molecule has 0 aliphatic heterocycles. The molecule has 2 rings (SSSR count). The minimum absolute atomic E-state index is 0.00731. The molecular weight excluding hydrogens is 262 g/mol. The minimum Gasteiger partial charge on any atom is -0.497 e. The van der Waals surface area contributed by atoms with Crippen LogP contribution in [0, 0.1) is 11.6 Å². The number of benzene rings is 2. The summed E-state index contributed by atoms with van der Waals surface area (Å²) in [5.74, 6) is -1.10. The lowest BCUT2D eigenvalue weighted by molar-refractivity contribution is 0.414. The molecular formula is C15H16F2N2O. The molecule has 0 atom stereocenters. The maximum Gasteiger partial charge on any atom is 0.183 e. The normalized spacial score (nSPS) is 10.3. The van der Waals surface area contributed by atoms with Crippen LogP contribution in [0.25, 0.3) is 0 Å². The molecule has 106 valence electrons. The van der Waals surface area contributed by atoms with Gasteiger partial charge in [-0.25, -0.2) is 8.78 Å². The number of nitrogen functional groups attached to an aromatic ring is 1. The van der Waals surface area contributed by atoms with E-state index in [2.05, 4.69) is 5.32 Å². The molecule has 0 spiro atoms. The van der Waals surface area contributed by atoms with Crippen molar-refractivity contribution in [3.63, 3.8) is 0 Å². The van der Waals surface area contributed by atoms with E-state index in [4.69, 9.17) is 10.5 Å². The largest absolute Gasteiger partial charge is 0.497 e. The van der Waals surface area contributed by atoms with Crippen LogP contribution in [0.15, 0.2) is 36.4 Å². The smallest absolute Gasteiger partial charge is 0.183 e. The van der Waals surface area contributed by atoms with E-state index in [0.29, 0.717) is 13.0 Å². The third-order valence-corrected chi connectivity index (χ3v) is 2.98. The molecule has 2 aromatic rings. The summed E-state index contributed by atoms with van der Waals surface area (Å²) in [6, 6.07) is 9.92. The average molecular weight is 278 g/mol. The number of hydrogen-bond donors (Lipinski definition) is 2. The van der Waals surface area contributed by atoms with Gasteiger partial charge in [-0.2, -0.15) is 0 Å². The highest BCUT2D eigenvalue weighted by Gasteiger charge is 2.11. The number of hydrogen-bond acceptors (Lipinski definition) is 3. The molecule has 0 amide bonds. The molecule has 0 bridgehead atoms. The second kappa shape index (κ2) is 6.23. The van der Waals surface area contributed by atoms with Gasteiger partial charge >= 0.3 is 0 Å². The van der Waals surface area contributed by atoms with E-state index >= 15 is 0 Å². The summed E-state index contributed by atoms with van der Waals surface area (Å²) in [5.41, 5.74) is 6.86. The highest BCUT2D eigenvalue weighted by atomic mass is 19.2. The number of methoxy groups -OCH3 is 1. The summed E-state index contributed by atoms with van der Waals surface area (Å²) in [7, 11) is 1.60. The number of nitrogens with two attached hydrogens (primary N) is 1. The Balaban J connectivity index is 2.01. The Hall–Kier alpha value is -2.30. The fourth-order valence-corrected chi connectivity index (χ4v) is 1.91. The zero-order valence-electron chi connectivity index (χ0n) is 11.1. The van der Waals surface area contributed by atoms with Gasteiger partial charge in [0.15, 0.2) is 11.6 Å². The summed E-state index contributed by atoms with van der Waals surface area (Å²) in [6.45, 7) is 0.442. The lowest BCUT2D eigenvalue weighted by Crippen LogP contribution is -2.09. The summed E-state index contributed by atoms with van der Waals surface area (Å²) in [6.07, 6.45) is 0.645. The van der Waals surface area contributed by atoms with Gasteiger partial charge in [0.25, 0.3) is 0 Å². The van der Waals surface area contributed by atoms with Crippen molar-refractivity contribution >= 4 is 11.4 Å². The van der Waals surface area contributed by atoms with Crippen LogP contribution in [-0.4, -0.2) is 13.7 Å². The van der Waals surface area contributed by atoms with Crippen molar-refractivity contribution < 1.29 is 13.5 Å². The third-order valence-electron chi connectivity index (χ3n) is 2.98. The molecule has 0 heterocycles. The van der Waals surface area contributed by atoms with E-state index in [1.54, 1.807) is 7.11 Å². The first-order valence-electron chi connectivity index (χ1n) is 6.22. The number of halogens is 2. The fourth-order valence-electron chi connectivity index (χ4n) is 1.91. The molecule has 5 heteroatoms. The number of nitrogens with one attached hydrogen (secondary N) is 1. The van der Waals surface area contributed by atoms with E-state index in [-0.39, 0.29) is 11.4 Å². The summed E-state index contributed by atoms with van der Waals surface area (Å²) in [5, 5.41) is 2.83. The SMILES string of the molecule is COc1cccc(CCNc2c(N)ccc(F)c2F)c1. The lowest BCUT2D eigenvalue weighted by Gasteiger charge is -2.11. The highest BCUT2D eigenvalue weighted by molar-refractivity contribution is 5.66. The first-order valence-corrected chi connectivity index (χ1v) is 6.22. The van der Waals surface area contributed by atoms with Gasteiger partial charge < -0.3 is 15.8 Å². The Labute approximate surface area is 116 Å². The van der Waals surface area contributed by atoms with Crippen LogP contribution in [0.1, 0.15) is 5.56 Å². The van der Waals surface area contributed by atoms with Gasteiger partial charge in [-0.1, -0.05) is 12.1 Å². The van der Waals surface area contributed by atoms with Crippen molar-refractivity contribution in [3.8, 4) is 5.75 Å². The molecule has 0 fully saturated rings. The zero-order chi connectivity index (χ0) is 14.5. The van der Waals surface area contributed by atoms with Crippen molar-refractivity contribution in [2.45, 2.75) is 6.42 Å². The quantitative estimate of drug-likeness (QED) is 0.826. The molecule has 0 radical (unpaired) electrons. The molecule has 0 saturated heterocycles. The monoisotopic (exact) mass is 278 g/mol. The maximum atomic E-state index is 13.6. The van der Waals surface area contributed by atoms with Gasteiger partial charge in [0.2, 0.25) is 0 Å². The van der Waals surface area contributed by atoms with Gasteiger partial charge in [0.05, 0.1) is 18.5 Å². The summed E-state index contributed by atoms with van der Waals surface area (Å²) < 4.78 is 31.8. The van der Waals surface area contributed by atoms with E-state index in [0.717, 1.165) is 17.4 Å². The Morgan fingerprint density at radius 3 is 2.75 bits per heavy atom. The summed E-state index contributed by atoms with van der Waals surface area (Å²) in [4.78, 5) is 0. The number of ether oxygens (including phenoxy) is 1. The van der Waals surface area contributed by atoms with Gasteiger partial charge in [-0.15, -0.1) is 0 Å². The first kappa shape index (κ1) is 14.1. The minimum atomic E-state index is -0.948. The lowest BCUT2D eigenvalue weighted by atomic mass is 10.1. The first-order chi connectivity index (χ1) is 9.61. The topological polar surface area (TPSA) is 47.3 Å². The standard InChI is InChI=1S/C15H16F2N2O/c1-20-11-4-2-3-10(9-11)7-8-19-15-13(18)6-5-12(16)14(15)17/h2-6,9,19H,7-8,18H2,1H3. The molecule has 0 aliphatic rings. The van der Waals surface area contributed by atoms with E-state index in [1.807, 2.05) is 24.3 Å². The third kappa shape index (κ3) is 3.17. The van der Waals surface area contributed by atoms with Gasteiger partial charge in [-0.3, -0.25) is 0 Å². The van der Waals surface area contributed by atoms with Crippen LogP contribution in [0.2, 0.25) is 0 Å². The molecule has 0 aliphatic carbocycles. The Morgan fingerprint density at radius 2 is 2.00 bits per heavy atom. The van der Waals surface area contributed by atoms with Crippen LogP contribution in [0.3, 0.4) is 0 Å². The highest BCUT2D eigenvalue weighted by Crippen LogP contribution is 2.24. The van der Waals surface area contributed by atoms with Crippen molar-refractivity contribution in [1.29, 1.82) is 0 Å². The molecule has 3 N–H and O–H groups in total. The van der Waals surface area contributed by atoms with E-state index in [9.17, 15) is 8.78 Å². The van der Waals surface area contributed by atoms with Gasteiger partial charge in [0.1, 0.15) is 5.75 Å². The molecule has 2 aromatic carbocycles. The second-order valence-corrected chi connectivity index (χ2v) is 4.35. The van der Waals surface area contributed by atoms with Crippen molar-refractivity contribution in [2.24, 2.45) is 0 Å². The maximum absolute atomic E-state index is 13.6. The molecule has 3 nitrogen and oxygen atoms in total. The Bertz CT molecular complexity index is 602. The zero-order valence-corrected chi connectivity index (χ0v) is 11.1. The van der Waals surface area contributed by atoms with Gasteiger partial charge in [0, 0.05) is 6.54 Å². The Morgan fingerprint density at radius 1 is 1.20 bits per heavy atom.